The van der Waals surface area contributed by atoms with E-state index in [-0.39, 0.29) is 17.6 Å². The molecule has 3 unspecified atom stereocenters. The summed E-state index contributed by atoms with van der Waals surface area (Å²) >= 11 is 1.66. The van der Waals surface area contributed by atoms with Crippen molar-refractivity contribution in [2.45, 2.75) is 56.2 Å². The van der Waals surface area contributed by atoms with Crippen LogP contribution in [0.15, 0.2) is 36.4 Å². The van der Waals surface area contributed by atoms with E-state index in [0.29, 0.717) is 12.8 Å². The first-order valence-corrected chi connectivity index (χ1v) is 11.7. The van der Waals surface area contributed by atoms with Crippen LogP contribution in [0.5, 0.6) is 11.5 Å². The molecule has 2 aliphatic heterocycles. The van der Waals surface area contributed by atoms with Gasteiger partial charge in [0.15, 0.2) is 0 Å². The van der Waals surface area contributed by atoms with Gasteiger partial charge in [-0.25, -0.2) is 0 Å². The van der Waals surface area contributed by atoms with Crippen LogP contribution in [0.1, 0.15) is 54.0 Å². The van der Waals surface area contributed by atoms with Crippen molar-refractivity contribution < 1.29 is 19.3 Å². The maximum absolute atomic E-state index is 10.3. The van der Waals surface area contributed by atoms with Gasteiger partial charge in [0.25, 0.3) is 0 Å². The van der Waals surface area contributed by atoms with Gasteiger partial charge in [0, 0.05) is 19.3 Å². The molecule has 156 valence electrons. The van der Waals surface area contributed by atoms with Gasteiger partial charge in [-0.1, -0.05) is 18.2 Å². The van der Waals surface area contributed by atoms with Crippen LogP contribution in [0.3, 0.4) is 0 Å². The van der Waals surface area contributed by atoms with Crippen molar-refractivity contribution in [1.29, 1.82) is 0 Å². The third-order valence-electron chi connectivity index (χ3n) is 5.82. The molecule has 1 N–H and O–H groups in total. The summed E-state index contributed by atoms with van der Waals surface area (Å²) in [5, 5.41) is 10.3. The summed E-state index contributed by atoms with van der Waals surface area (Å²) < 4.78 is 17.7. The molecule has 4 nitrogen and oxygen atoms in total. The zero-order chi connectivity index (χ0) is 20.2. The third-order valence-corrected chi connectivity index (χ3v) is 6.65. The van der Waals surface area contributed by atoms with Gasteiger partial charge < -0.3 is 19.3 Å². The molecule has 3 atom stereocenters. The van der Waals surface area contributed by atoms with Crippen molar-refractivity contribution in [3.63, 3.8) is 0 Å². The average Bonchev–Trinajstić information content (AvgIpc) is 2.98. The van der Waals surface area contributed by atoms with E-state index < -0.39 is 0 Å². The normalized spacial score (nSPS) is 24.3. The highest BCUT2D eigenvalue weighted by Crippen LogP contribution is 2.37. The molecule has 1 fully saturated rings. The second kappa shape index (κ2) is 9.41. The molecular formula is C24H30O4S. The Morgan fingerprint density at radius 2 is 2.03 bits per heavy atom. The van der Waals surface area contributed by atoms with Gasteiger partial charge in [0.05, 0.1) is 25.9 Å². The second-order valence-electron chi connectivity index (χ2n) is 7.91. The SMILES string of the molecule is COc1ccc(C2CC(O)CC(SC)O2)cc1Cc1ccc2c(c1)CCCCO2. The predicted octanol–water partition coefficient (Wildman–Crippen LogP) is 4.90. The summed E-state index contributed by atoms with van der Waals surface area (Å²) in [4.78, 5) is 0. The van der Waals surface area contributed by atoms with E-state index in [1.807, 2.05) is 12.3 Å². The van der Waals surface area contributed by atoms with Crippen molar-refractivity contribution in [3.8, 4) is 11.5 Å². The molecule has 5 heteroatoms. The number of aliphatic hydroxyl groups is 1. The highest BCUT2D eigenvalue weighted by atomic mass is 32.2. The minimum Gasteiger partial charge on any atom is -0.496 e. The molecule has 2 heterocycles. The maximum atomic E-state index is 10.3. The van der Waals surface area contributed by atoms with Crippen LogP contribution in [-0.4, -0.2) is 36.6 Å². The summed E-state index contributed by atoms with van der Waals surface area (Å²) in [7, 11) is 1.72. The molecule has 29 heavy (non-hydrogen) atoms. The van der Waals surface area contributed by atoms with E-state index in [2.05, 4.69) is 30.3 Å². The maximum Gasteiger partial charge on any atom is 0.122 e. The Morgan fingerprint density at radius 3 is 2.86 bits per heavy atom. The Balaban J connectivity index is 1.58. The lowest BCUT2D eigenvalue weighted by Gasteiger charge is -2.32. The molecule has 0 radical (unpaired) electrons. The number of aryl methyl sites for hydroxylation is 1. The number of hydrogen-bond donors (Lipinski definition) is 1. The van der Waals surface area contributed by atoms with Crippen LogP contribution in [0.4, 0.5) is 0 Å². The quantitative estimate of drug-likeness (QED) is 0.754. The number of hydrogen-bond acceptors (Lipinski definition) is 5. The van der Waals surface area contributed by atoms with Crippen molar-refractivity contribution in [2.24, 2.45) is 0 Å². The molecule has 1 saturated heterocycles. The van der Waals surface area contributed by atoms with Crippen LogP contribution in [-0.2, 0) is 17.6 Å². The number of thioether (sulfide) groups is 1. The highest BCUT2D eigenvalue weighted by molar-refractivity contribution is 7.99. The molecule has 2 aromatic carbocycles. The van der Waals surface area contributed by atoms with Gasteiger partial charge in [-0.05, 0) is 66.0 Å². The smallest absolute Gasteiger partial charge is 0.122 e. The number of methoxy groups -OCH3 is 1. The van der Waals surface area contributed by atoms with E-state index in [0.717, 1.165) is 48.5 Å². The van der Waals surface area contributed by atoms with Gasteiger partial charge in [-0.3, -0.25) is 0 Å². The first kappa shape index (κ1) is 20.6. The van der Waals surface area contributed by atoms with Crippen molar-refractivity contribution in [2.75, 3.05) is 20.0 Å². The van der Waals surface area contributed by atoms with Crippen molar-refractivity contribution in [1.82, 2.24) is 0 Å². The highest BCUT2D eigenvalue weighted by Gasteiger charge is 2.29. The summed E-state index contributed by atoms with van der Waals surface area (Å²) in [6.45, 7) is 0.812. The van der Waals surface area contributed by atoms with Crippen LogP contribution in [0.25, 0.3) is 0 Å². The third kappa shape index (κ3) is 4.90. The van der Waals surface area contributed by atoms with Crippen molar-refractivity contribution in [3.05, 3.63) is 58.7 Å². The second-order valence-corrected chi connectivity index (χ2v) is 8.91. The van der Waals surface area contributed by atoms with Gasteiger partial charge >= 0.3 is 0 Å². The number of ether oxygens (including phenoxy) is 3. The van der Waals surface area contributed by atoms with Gasteiger partial charge in [0.2, 0.25) is 0 Å². The minimum atomic E-state index is -0.318. The Bertz CT molecular complexity index is 838. The Morgan fingerprint density at radius 1 is 1.14 bits per heavy atom. The summed E-state index contributed by atoms with van der Waals surface area (Å²) in [6.07, 6.45) is 7.12. The minimum absolute atomic E-state index is 0.0406. The molecule has 0 spiro atoms. The Labute approximate surface area is 177 Å². The molecule has 4 rings (SSSR count). The average molecular weight is 415 g/mol. The topological polar surface area (TPSA) is 47.9 Å². The van der Waals surface area contributed by atoms with E-state index in [9.17, 15) is 5.11 Å². The molecule has 0 bridgehead atoms. The molecule has 0 aliphatic carbocycles. The predicted molar refractivity (Wildman–Crippen MR) is 117 cm³/mol. The molecule has 2 aliphatic rings. The van der Waals surface area contributed by atoms with Gasteiger partial charge in [-0.15, -0.1) is 11.8 Å². The summed E-state index contributed by atoms with van der Waals surface area (Å²) in [6, 6.07) is 12.8. The fraction of sp³-hybridized carbons (Fsp3) is 0.500. The number of benzene rings is 2. The van der Waals surface area contributed by atoms with Crippen LogP contribution in [0, 0.1) is 0 Å². The van der Waals surface area contributed by atoms with Crippen molar-refractivity contribution >= 4 is 11.8 Å². The lowest BCUT2D eigenvalue weighted by molar-refractivity contribution is -0.0605. The number of rotatable bonds is 5. The fourth-order valence-corrected chi connectivity index (χ4v) is 4.92. The van der Waals surface area contributed by atoms with Crippen LogP contribution in [0.2, 0.25) is 0 Å². The molecule has 0 aromatic heterocycles. The Hall–Kier alpha value is -1.69. The lowest BCUT2D eigenvalue weighted by Crippen LogP contribution is -2.29. The largest absolute Gasteiger partial charge is 0.496 e. The van der Waals surface area contributed by atoms with Crippen LogP contribution >= 0.6 is 11.8 Å². The Kier molecular flexibility index (Phi) is 6.68. The zero-order valence-corrected chi connectivity index (χ0v) is 18.0. The molecule has 0 saturated carbocycles. The molecule has 2 aromatic rings. The molecular weight excluding hydrogens is 384 g/mol. The fourth-order valence-electron chi connectivity index (χ4n) is 4.26. The first-order chi connectivity index (χ1) is 14.2. The lowest BCUT2D eigenvalue weighted by atomic mass is 9.94. The number of fused-ring (bicyclic) bond motifs is 1. The van der Waals surface area contributed by atoms with Gasteiger partial charge in [0.1, 0.15) is 16.9 Å². The van der Waals surface area contributed by atoms with E-state index in [1.165, 1.54) is 17.5 Å². The summed E-state index contributed by atoms with van der Waals surface area (Å²) in [5.41, 5.74) is 4.85. The van der Waals surface area contributed by atoms with E-state index in [4.69, 9.17) is 14.2 Å². The standard InChI is InChI=1S/C24H30O4S/c1-26-21-9-7-18(23-14-20(25)15-24(28-23)29-2)13-19(21)12-16-6-8-22-17(11-16)5-3-4-10-27-22/h6-9,11,13,20,23-25H,3-5,10,12,14-15H2,1-2H3. The van der Waals surface area contributed by atoms with Crippen LogP contribution < -0.4 is 9.47 Å². The zero-order valence-electron chi connectivity index (χ0n) is 17.2. The van der Waals surface area contributed by atoms with E-state index in [1.54, 1.807) is 18.9 Å². The van der Waals surface area contributed by atoms with Gasteiger partial charge in [-0.2, -0.15) is 0 Å². The first-order valence-electron chi connectivity index (χ1n) is 10.4. The summed E-state index contributed by atoms with van der Waals surface area (Å²) in [5.74, 6) is 1.91. The number of aliphatic hydroxyl groups excluding tert-OH is 1. The molecule has 0 amide bonds. The van der Waals surface area contributed by atoms with E-state index >= 15 is 0 Å². The monoisotopic (exact) mass is 414 g/mol.